The van der Waals surface area contributed by atoms with Crippen LogP contribution in [0.5, 0.6) is 0 Å². The van der Waals surface area contributed by atoms with Gasteiger partial charge in [-0.2, -0.15) is 5.10 Å². The van der Waals surface area contributed by atoms with Crippen LogP contribution in [0.4, 0.5) is 0 Å². The largest absolute Gasteiger partial charge is 0.481 e. The van der Waals surface area contributed by atoms with Crippen LogP contribution < -0.4 is 5.32 Å². The fraction of sp³-hybridized carbons (Fsp3) is 0.250. The molecule has 1 amide bonds. The van der Waals surface area contributed by atoms with Crippen molar-refractivity contribution in [2.24, 2.45) is 7.05 Å². The maximum atomic E-state index is 12.3. The zero-order valence-electron chi connectivity index (χ0n) is 14.6. The molecule has 3 rings (SSSR count). The number of hydrogen-bond acceptors (Lipinski definition) is 3. The predicted molar refractivity (Wildman–Crippen MR) is 98.6 cm³/mol. The zero-order valence-corrected chi connectivity index (χ0v) is 14.6. The number of hydrogen-bond donors (Lipinski definition) is 2. The van der Waals surface area contributed by atoms with Gasteiger partial charge < -0.3 is 10.4 Å². The molecule has 134 valence electrons. The summed E-state index contributed by atoms with van der Waals surface area (Å²) in [7, 11) is 1.83. The molecule has 0 fully saturated rings. The van der Waals surface area contributed by atoms with Gasteiger partial charge in [-0.3, -0.25) is 14.3 Å². The molecule has 6 heteroatoms. The normalized spacial score (nSPS) is 12.0. The Morgan fingerprint density at radius 2 is 1.92 bits per heavy atom. The first kappa shape index (κ1) is 17.7. The number of nitrogens with one attached hydrogen (secondary N) is 1. The number of rotatable bonds is 7. The highest BCUT2D eigenvalue weighted by Crippen LogP contribution is 2.23. The second kappa shape index (κ2) is 7.82. The number of aryl methyl sites for hydroxylation is 2. The minimum absolute atomic E-state index is 0.157. The van der Waals surface area contributed by atoms with E-state index in [0.717, 1.165) is 22.0 Å². The van der Waals surface area contributed by atoms with Crippen molar-refractivity contribution in [2.45, 2.75) is 25.3 Å². The molecule has 0 aliphatic rings. The van der Waals surface area contributed by atoms with E-state index in [1.165, 1.54) is 0 Å². The van der Waals surface area contributed by atoms with Crippen LogP contribution in [0.25, 0.3) is 10.8 Å². The maximum absolute atomic E-state index is 12.3. The number of carbonyl (C=O) groups excluding carboxylic acids is 1. The van der Waals surface area contributed by atoms with Crippen molar-refractivity contribution < 1.29 is 14.7 Å². The predicted octanol–water partition coefficient (Wildman–Crippen LogP) is 2.84. The molecule has 1 atom stereocenters. The zero-order chi connectivity index (χ0) is 18.5. The highest BCUT2D eigenvalue weighted by molar-refractivity contribution is 5.84. The number of carboxylic acid groups (broad SMARTS) is 1. The molecule has 0 unspecified atom stereocenters. The third-order valence-electron chi connectivity index (χ3n) is 4.42. The number of carbonyl (C=O) groups is 2. The minimum atomic E-state index is -0.949. The fourth-order valence-corrected chi connectivity index (χ4v) is 3.01. The quantitative estimate of drug-likeness (QED) is 0.685. The summed E-state index contributed by atoms with van der Waals surface area (Å²) < 4.78 is 1.73. The second-order valence-electron chi connectivity index (χ2n) is 6.27. The van der Waals surface area contributed by atoms with E-state index in [2.05, 4.69) is 10.4 Å². The Labute approximate surface area is 151 Å². The summed E-state index contributed by atoms with van der Waals surface area (Å²) in [6.07, 6.45) is 2.37. The monoisotopic (exact) mass is 351 g/mol. The highest BCUT2D eigenvalue weighted by atomic mass is 16.4. The van der Waals surface area contributed by atoms with Crippen molar-refractivity contribution in [3.63, 3.8) is 0 Å². The van der Waals surface area contributed by atoms with Crippen LogP contribution in [0.1, 0.15) is 30.1 Å². The van der Waals surface area contributed by atoms with Crippen LogP contribution >= 0.6 is 0 Å². The van der Waals surface area contributed by atoms with Crippen LogP contribution in [0.3, 0.4) is 0 Å². The number of aromatic nitrogens is 2. The van der Waals surface area contributed by atoms with E-state index in [4.69, 9.17) is 0 Å². The van der Waals surface area contributed by atoms with E-state index in [-0.39, 0.29) is 18.7 Å². The van der Waals surface area contributed by atoms with E-state index >= 15 is 0 Å². The lowest BCUT2D eigenvalue weighted by Crippen LogP contribution is -2.30. The minimum Gasteiger partial charge on any atom is -0.481 e. The molecule has 1 heterocycles. The lowest BCUT2D eigenvalue weighted by molar-refractivity contribution is -0.137. The molecule has 1 aromatic heterocycles. The molecule has 26 heavy (non-hydrogen) atoms. The van der Waals surface area contributed by atoms with Crippen molar-refractivity contribution in [3.05, 3.63) is 66.0 Å². The average Bonchev–Trinajstić information content (AvgIpc) is 3.03. The van der Waals surface area contributed by atoms with Crippen LogP contribution in [-0.2, 0) is 23.1 Å². The molecular formula is C20H21N3O3. The summed E-state index contributed by atoms with van der Waals surface area (Å²) in [4.78, 5) is 23.6. The van der Waals surface area contributed by atoms with Crippen molar-refractivity contribution in [1.29, 1.82) is 0 Å². The highest BCUT2D eigenvalue weighted by Gasteiger charge is 2.18. The van der Waals surface area contributed by atoms with Crippen molar-refractivity contribution in [1.82, 2.24) is 15.1 Å². The van der Waals surface area contributed by atoms with Gasteiger partial charge in [0.25, 0.3) is 0 Å². The van der Waals surface area contributed by atoms with Crippen LogP contribution in [0, 0.1) is 0 Å². The molecule has 0 aliphatic heterocycles. The molecule has 6 nitrogen and oxygen atoms in total. The summed E-state index contributed by atoms with van der Waals surface area (Å²) in [6.45, 7) is 0. The topological polar surface area (TPSA) is 84.2 Å². The van der Waals surface area contributed by atoms with Gasteiger partial charge >= 0.3 is 5.97 Å². The van der Waals surface area contributed by atoms with Gasteiger partial charge in [-0.1, -0.05) is 36.4 Å². The number of benzene rings is 2. The number of amides is 1. The van der Waals surface area contributed by atoms with Gasteiger partial charge in [-0.15, -0.1) is 0 Å². The molecule has 0 spiro atoms. The Hall–Kier alpha value is -3.15. The second-order valence-corrected chi connectivity index (χ2v) is 6.27. The van der Waals surface area contributed by atoms with Gasteiger partial charge in [0.05, 0.1) is 12.5 Å². The summed E-state index contributed by atoms with van der Waals surface area (Å²) in [5, 5.41) is 18.3. The molecule has 0 bridgehead atoms. The lowest BCUT2D eigenvalue weighted by Gasteiger charge is -2.18. The smallest absolute Gasteiger partial charge is 0.305 e. The summed E-state index contributed by atoms with van der Waals surface area (Å²) in [5.74, 6) is -1.12. The van der Waals surface area contributed by atoms with Crippen LogP contribution in [-0.4, -0.2) is 26.8 Å². The van der Waals surface area contributed by atoms with Gasteiger partial charge in [-0.05, 0) is 34.9 Å². The summed E-state index contributed by atoms with van der Waals surface area (Å²) in [6, 6.07) is 14.9. The third kappa shape index (κ3) is 4.27. The van der Waals surface area contributed by atoms with Crippen LogP contribution in [0.15, 0.2) is 54.7 Å². The number of aliphatic carboxylic acids is 1. The summed E-state index contributed by atoms with van der Waals surface area (Å²) >= 11 is 0. The first-order valence-electron chi connectivity index (χ1n) is 8.49. The molecular weight excluding hydrogens is 330 g/mol. The molecule has 0 saturated heterocycles. The molecule has 0 aliphatic carbocycles. The molecule has 2 N–H and O–H groups in total. The van der Waals surface area contributed by atoms with Crippen LogP contribution in [0.2, 0.25) is 0 Å². The Balaban J connectivity index is 1.73. The first-order valence-corrected chi connectivity index (χ1v) is 8.49. The van der Waals surface area contributed by atoms with E-state index in [1.807, 2.05) is 55.6 Å². The molecule has 0 radical (unpaired) electrons. The van der Waals surface area contributed by atoms with E-state index in [1.54, 1.807) is 10.9 Å². The van der Waals surface area contributed by atoms with Gasteiger partial charge in [0, 0.05) is 25.4 Å². The maximum Gasteiger partial charge on any atom is 0.305 e. The summed E-state index contributed by atoms with van der Waals surface area (Å²) in [5.41, 5.74) is 1.75. The van der Waals surface area contributed by atoms with Gasteiger partial charge in [0.15, 0.2) is 0 Å². The number of fused-ring (bicyclic) bond motifs is 1. The van der Waals surface area contributed by atoms with Crippen molar-refractivity contribution in [3.8, 4) is 0 Å². The average molecular weight is 351 g/mol. The van der Waals surface area contributed by atoms with Gasteiger partial charge in [-0.25, -0.2) is 0 Å². The van der Waals surface area contributed by atoms with Crippen molar-refractivity contribution >= 4 is 22.6 Å². The SMILES string of the molecule is Cn1nccc1CCC(=O)N[C@@H](CC(=O)O)c1ccc2ccccc2c1. The van der Waals surface area contributed by atoms with E-state index < -0.39 is 12.0 Å². The number of nitrogens with zero attached hydrogens (tertiary/aromatic N) is 2. The molecule has 3 aromatic rings. The Morgan fingerprint density at radius 3 is 2.62 bits per heavy atom. The molecule has 2 aromatic carbocycles. The molecule has 0 saturated carbocycles. The Kier molecular flexibility index (Phi) is 5.31. The third-order valence-corrected chi connectivity index (χ3v) is 4.42. The Bertz CT molecular complexity index is 933. The van der Waals surface area contributed by atoms with E-state index in [0.29, 0.717) is 6.42 Å². The first-order chi connectivity index (χ1) is 12.5. The van der Waals surface area contributed by atoms with Gasteiger partial charge in [0.2, 0.25) is 5.91 Å². The number of carboxylic acids is 1. The Morgan fingerprint density at radius 1 is 1.15 bits per heavy atom. The van der Waals surface area contributed by atoms with Crippen molar-refractivity contribution in [2.75, 3.05) is 0 Å². The fourth-order valence-electron chi connectivity index (χ4n) is 3.01. The van der Waals surface area contributed by atoms with Gasteiger partial charge in [0.1, 0.15) is 0 Å². The standard InChI is InChI=1S/C20H21N3O3/c1-23-17(10-11-21-23)8-9-19(24)22-18(13-20(25)26)16-7-6-14-4-2-3-5-15(14)12-16/h2-7,10-12,18H,8-9,13H2,1H3,(H,22,24)(H,25,26)/t18-/m0/s1. The van der Waals surface area contributed by atoms with E-state index in [9.17, 15) is 14.7 Å². The lowest BCUT2D eigenvalue weighted by atomic mass is 9.99.